The van der Waals surface area contributed by atoms with E-state index < -0.39 is 5.97 Å². The van der Waals surface area contributed by atoms with Gasteiger partial charge in [0, 0.05) is 28.1 Å². The summed E-state index contributed by atoms with van der Waals surface area (Å²) in [6, 6.07) is 12.4. The van der Waals surface area contributed by atoms with Gasteiger partial charge in [-0.05, 0) is 45.8 Å². The number of carboxylic acid groups (broad SMARTS) is 1. The molecule has 0 unspecified atom stereocenters. The Kier molecular flexibility index (Phi) is 3.70. The molecule has 0 aliphatic carbocycles. The quantitative estimate of drug-likeness (QED) is 0.692. The van der Waals surface area contributed by atoms with Crippen molar-refractivity contribution >= 4 is 38.5 Å². The van der Waals surface area contributed by atoms with E-state index in [1.54, 1.807) is 24.3 Å². The maximum Gasteiger partial charge on any atom is 0.335 e. The van der Waals surface area contributed by atoms with Gasteiger partial charge >= 0.3 is 5.97 Å². The average molecular weight is 355 g/mol. The minimum Gasteiger partial charge on any atom is -0.478 e. The number of rotatable bonds is 3. The fraction of sp³-hybridized carbons (Fsp3) is 0.0588. The van der Waals surface area contributed by atoms with Crippen LogP contribution in [0.5, 0.6) is 0 Å². The Morgan fingerprint density at radius 1 is 1.27 bits per heavy atom. The summed E-state index contributed by atoms with van der Waals surface area (Å²) < 4.78 is 2.95. The van der Waals surface area contributed by atoms with Crippen LogP contribution in [0.1, 0.15) is 15.9 Å². The first kappa shape index (κ1) is 14.4. The SMILES string of the molecule is [C-]#[N+]c1ccc2c(c1)c(Br)cn2Cc1cccc(C(=O)O)c1. The average Bonchev–Trinajstić information content (AvgIpc) is 2.83. The number of carboxylic acids is 1. The van der Waals surface area contributed by atoms with Crippen molar-refractivity contribution in [2.75, 3.05) is 0 Å². The Morgan fingerprint density at radius 2 is 2.09 bits per heavy atom. The molecule has 0 saturated carbocycles. The molecule has 0 spiro atoms. The van der Waals surface area contributed by atoms with Crippen LogP contribution in [0.4, 0.5) is 5.69 Å². The number of aromatic carboxylic acids is 1. The van der Waals surface area contributed by atoms with Gasteiger partial charge < -0.3 is 9.67 Å². The first-order valence-corrected chi connectivity index (χ1v) is 7.36. The van der Waals surface area contributed by atoms with E-state index in [4.69, 9.17) is 11.7 Å². The van der Waals surface area contributed by atoms with Gasteiger partial charge in [0.25, 0.3) is 0 Å². The molecule has 0 aliphatic rings. The summed E-state index contributed by atoms with van der Waals surface area (Å²) in [5, 5.41) is 10.0. The topological polar surface area (TPSA) is 46.6 Å². The van der Waals surface area contributed by atoms with Crippen LogP contribution in [0.25, 0.3) is 15.7 Å². The zero-order valence-electron chi connectivity index (χ0n) is 11.5. The van der Waals surface area contributed by atoms with Gasteiger partial charge in [0.05, 0.1) is 12.1 Å². The van der Waals surface area contributed by atoms with Gasteiger partial charge in [0.2, 0.25) is 0 Å². The number of nitrogens with zero attached hydrogens (tertiary/aromatic N) is 2. The zero-order chi connectivity index (χ0) is 15.7. The van der Waals surface area contributed by atoms with Crippen LogP contribution in [0.3, 0.4) is 0 Å². The molecule has 3 aromatic rings. The van der Waals surface area contributed by atoms with Gasteiger partial charge in [-0.15, -0.1) is 0 Å². The number of benzene rings is 2. The number of fused-ring (bicyclic) bond motifs is 1. The predicted molar refractivity (Wildman–Crippen MR) is 88.4 cm³/mol. The van der Waals surface area contributed by atoms with Crippen LogP contribution in [0.15, 0.2) is 53.1 Å². The Bertz CT molecular complexity index is 922. The molecule has 5 heteroatoms. The fourth-order valence-electron chi connectivity index (χ4n) is 2.44. The van der Waals surface area contributed by atoms with E-state index in [2.05, 4.69) is 20.8 Å². The van der Waals surface area contributed by atoms with E-state index in [9.17, 15) is 4.79 Å². The van der Waals surface area contributed by atoms with Crippen molar-refractivity contribution in [1.29, 1.82) is 0 Å². The normalized spacial score (nSPS) is 10.5. The summed E-state index contributed by atoms with van der Waals surface area (Å²) in [5.74, 6) is -0.929. The van der Waals surface area contributed by atoms with Crippen LogP contribution in [0.2, 0.25) is 0 Å². The van der Waals surface area contributed by atoms with Gasteiger partial charge in [-0.1, -0.05) is 18.2 Å². The summed E-state index contributed by atoms with van der Waals surface area (Å²) in [5.41, 5.74) is 2.79. The summed E-state index contributed by atoms with van der Waals surface area (Å²) in [6.45, 7) is 7.66. The summed E-state index contributed by atoms with van der Waals surface area (Å²) in [7, 11) is 0. The smallest absolute Gasteiger partial charge is 0.335 e. The number of halogens is 1. The standard InChI is InChI=1S/C17H11BrN2O2/c1-19-13-5-6-16-14(8-13)15(18)10-20(16)9-11-3-2-4-12(7-11)17(21)22/h2-8,10H,9H2,(H,21,22). The summed E-state index contributed by atoms with van der Waals surface area (Å²) >= 11 is 3.51. The van der Waals surface area contributed by atoms with Gasteiger partial charge in [-0.3, -0.25) is 0 Å². The minimum atomic E-state index is -0.929. The highest BCUT2D eigenvalue weighted by molar-refractivity contribution is 9.10. The molecule has 4 nitrogen and oxygen atoms in total. The lowest BCUT2D eigenvalue weighted by Crippen LogP contribution is -2.01. The molecular formula is C17H11BrN2O2. The maximum absolute atomic E-state index is 11.1. The lowest BCUT2D eigenvalue weighted by atomic mass is 10.1. The van der Waals surface area contributed by atoms with Gasteiger partial charge in [-0.25, -0.2) is 9.64 Å². The Hall–Kier alpha value is -2.58. The molecule has 0 radical (unpaired) electrons. The largest absolute Gasteiger partial charge is 0.478 e. The van der Waals surface area contributed by atoms with Gasteiger partial charge in [0.1, 0.15) is 0 Å². The number of hydrogen-bond acceptors (Lipinski definition) is 1. The van der Waals surface area contributed by atoms with Crippen LogP contribution >= 0.6 is 15.9 Å². The first-order chi connectivity index (χ1) is 10.6. The Labute approximate surface area is 135 Å². The molecule has 0 bridgehead atoms. The molecule has 2 aromatic carbocycles. The van der Waals surface area contributed by atoms with E-state index in [1.807, 2.05) is 29.0 Å². The van der Waals surface area contributed by atoms with Crippen molar-refractivity contribution < 1.29 is 9.90 Å². The second-order valence-corrected chi connectivity index (χ2v) is 5.78. The molecule has 0 aliphatic heterocycles. The second-order valence-electron chi connectivity index (χ2n) is 4.92. The van der Waals surface area contributed by atoms with Crippen LogP contribution in [0, 0.1) is 6.57 Å². The molecular weight excluding hydrogens is 344 g/mol. The number of aromatic nitrogens is 1. The highest BCUT2D eigenvalue weighted by Crippen LogP contribution is 2.30. The van der Waals surface area contributed by atoms with Crippen molar-refractivity contribution in [1.82, 2.24) is 4.57 Å². The van der Waals surface area contributed by atoms with E-state index in [0.717, 1.165) is 20.9 Å². The van der Waals surface area contributed by atoms with Gasteiger partial charge in [0.15, 0.2) is 5.69 Å². The number of hydrogen-bond donors (Lipinski definition) is 1. The van der Waals surface area contributed by atoms with Crippen molar-refractivity contribution in [3.05, 3.63) is 75.7 Å². The molecule has 1 heterocycles. The molecule has 0 atom stereocenters. The minimum absolute atomic E-state index is 0.281. The molecule has 0 saturated heterocycles. The second kappa shape index (κ2) is 5.66. The van der Waals surface area contributed by atoms with Crippen LogP contribution < -0.4 is 0 Å². The highest BCUT2D eigenvalue weighted by atomic mass is 79.9. The predicted octanol–water partition coefficient (Wildman–Crippen LogP) is 4.70. The Morgan fingerprint density at radius 3 is 2.82 bits per heavy atom. The third-order valence-electron chi connectivity index (χ3n) is 3.47. The van der Waals surface area contributed by atoms with Gasteiger partial charge in [-0.2, -0.15) is 0 Å². The van der Waals surface area contributed by atoms with Crippen LogP contribution in [-0.4, -0.2) is 15.6 Å². The lowest BCUT2D eigenvalue weighted by molar-refractivity contribution is 0.0696. The molecule has 108 valence electrons. The molecule has 0 fully saturated rings. The highest BCUT2D eigenvalue weighted by Gasteiger charge is 2.09. The lowest BCUT2D eigenvalue weighted by Gasteiger charge is -2.06. The Balaban J connectivity index is 2.03. The third kappa shape index (κ3) is 2.61. The van der Waals surface area contributed by atoms with E-state index >= 15 is 0 Å². The fourth-order valence-corrected chi connectivity index (χ4v) is 3.01. The monoisotopic (exact) mass is 354 g/mol. The maximum atomic E-state index is 11.1. The third-order valence-corrected chi connectivity index (χ3v) is 4.10. The van der Waals surface area contributed by atoms with Crippen molar-refractivity contribution in [2.24, 2.45) is 0 Å². The molecule has 0 amide bonds. The van der Waals surface area contributed by atoms with E-state index in [-0.39, 0.29) is 5.56 Å². The van der Waals surface area contributed by atoms with Crippen molar-refractivity contribution in [3.8, 4) is 0 Å². The van der Waals surface area contributed by atoms with Crippen molar-refractivity contribution in [2.45, 2.75) is 6.54 Å². The number of carbonyl (C=O) groups is 1. The molecule has 3 rings (SSSR count). The molecule has 1 N–H and O–H groups in total. The first-order valence-electron chi connectivity index (χ1n) is 6.56. The van der Waals surface area contributed by atoms with E-state index in [0.29, 0.717) is 12.2 Å². The molecule has 1 aromatic heterocycles. The zero-order valence-corrected chi connectivity index (χ0v) is 13.0. The van der Waals surface area contributed by atoms with Crippen molar-refractivity contribution in [3.63, 3.8) is 0 Å². The molecule has 22 heavy (non-hydrogen) atoms. The van der Waals surface area contributed by atoms with E-state index in [1.165, 1.54) is 0 Å². The summed E-state index contributed by atoms with van der Waals surface area (Å²) in [6.07, 6.45) is 1.95. The summed E-state index contributed by atoms with van der Waals surface area (Å²) in [4.78, 5) is 14.5. The van der Waals surface area contributed by atoms with Crippen LogP contribution in [-0.2, 0) is 6.54 Å².